The maximum Gasteiger partial charge on any atom is 0.251 e. The highest BCUT2D eigenvalue weighted by molar-refractivity contribution is 5.95. The average Bonchev–Trinajstić information content (AvgIpc) is 2.40. The Kier molecular flexibility index (Phi) is 3.84. The highest BCUT2D eigenvalue weighted by Gasteiger charge is 2.33. The zero-order valence-electron chi connectivity index (χ0n) is 10.2. The van der Waals surface area contributed by atoms with E-state index in [9.17, 15) is 9.90 Å². The number of benzene rings is 1. The zero-order chi connectivity index (χ0) is 13.0. The molecule has 98 valence electrons. The molecule has 0 saturated carbocycles. The number of hydrogen-bond donors (Lipinski definition) is 3. The lowest BCUT2D eigenvalue weighted by molar-refractivity contribution is 0.0125. The molecule has 1 fully saturated rings. The van der Waals surface area contributed by atoms with Crippen molar-refractivity contribution in [3.8, 4) is 0 Å². The first-order valence-corrected chi connectivity index (χ1v) is 6.02. The van der Waals surface area contributed by atoms with E-state index >= 15 is 0 Å². The molecule has 0 aliphatic carbocycles. The number of aliphatic hydroxyl groups excluding tert-OH is 1. The third-order valence-corrected chi connectivity index (χ3v) is 3.30. The fourth-order valence-electron chi connectivity index (χ4n) is 2.03. The number of hydrogen-bond acceptors (Lipinski definition) is 4. The second kappa shape index (κ2) is 5.37. The van der Waals surface area contributed by atoms with Gasteiger partial charge < -0.3 is 20.9 Å². The number of nitrogens with one attached hydrogen (secondary N) is 1. The van der Waals surface area contributed by atoms with Gasteiger partial charge in [-0.15, -0.1) is 0 Å². The van der Waals surface area contributed by atoms with Crippen molar-refractivity contribution in [1.82, 2.24) is 5.32 Å². The predicted octanol–water partition coefficient (Wildman–Crippen LogP) is 0.540. The monoisotopic (exact) mass is 250 g/mol. The van der Waals surface area contributed by atoms with Crippen molar-refractivity contribution in [3.05, 3.63) is 29.8 Å². The third kappa shape index (κ3) is 2.80. The lowest BCUT2D eigenvalue weighted by Gasteiger charge is -2.36. The topological polar surface area (TPSA) is 84.6 Å². The summed E-state index contributed by atoms with van der Waals surface area (Å²) in [6.45, 7) is 1.04. The second-order valence-electron chi connectivity index (χ2n) is 4.63. The van der Waals surface area contributed by atoms with Crippen molar-refractivity contribution in [2.24, 2.45) is 0 Å². The van der Waals surface area contributed by atoms with E-state index in [4.69, 9.17) is 10.5 Å². The number of ether oxygens (including phenoxy) is 1. The molecule has 0 radical (unpaired) electrons. The van der Waals surface area contributed by atoms with Crippen LogP contribution in [0.1, 0.15) is 23.2 Å². The van der Waals surface area contributed by atoms with E-state index in [1.165, 1.54) is 0 Å². The van der Waals surface area contributed by atoms with Crippen LogP contribution >= 0.6 is 0 Å². The molecule has 0 bridgehead atoms. The first-order valence-electron chi connectivity index (χ1n) is 6.02. The Bertz CT molecular complexity index is 411. The maximum absolute atomic E-state index is 12.1. The molecule has 2 rings (SSSR count). The Labute approximate surface area is 106 Å². The summed E-state index contributed by atoms with van der Waals surface area (Å²) in [7, 11) is 0. The molecule has 1 amide bonds. The normalized spacial score (nSPS) is 18.3. The smallest absolute Gasteiger partial charge is 0.251 e. The summed E-state index contributed by atoms with van der Waals surface area (Å²) in [6, 6.07) is 6.72. The predicted molar refractivity (Wildman–Crippen MR) is 68.2 cm³/mol. The van der Waals surface area contributed by atoms with Gasteiger partial charge in [0.15, 0.2) is 0 Å². The summed E-state index contributed by atoms with van der Waals surface area (Å²) in [4.78, 5) is 12.1. The van der Waals surface area contributed by atoms with Crippen LogP contribution in [-0.4, -0.2) is 36.4 Å². The van der Waals surface area contributed by atoms with Crippen LogP contribution in [0.25, 0.3) is 0 Å². The first kappa shape index (κ1) is 12.9. The van der Waals surface area contributed by atoms with E-state index < -0.39 is 5.54 Å². The van der Waals surface area contributed by atoms with Gasteiger partial charge in [-0.3, -0.25) is 4.79 Å². The van der Waals surface area contributed by atoms with E-state index in [2.05, 4.69) is 5.32 Å². The molecule has 1 heterocycles. The molecule has 5 heteroatoms. The number of nitrogens with two attached hydrogens (primary N) is 1. The van der Waals surface area contributed by atoms with Gasteiger partial charge in [0.05, 0.1) is 12.1 Å². The van der Waals surface area contributed by atoms with Gasteiger partial charge in [-0.05, 0) is 37.1 Å². The number of carbonyl (C=O) groups excluding carboxylic acids is 1. The van der Waals surface area contributed by atoms with Gasteiger partial charge in [0.25, 0.3) is 5.91 Å². The van der Waals surface area contributed by atoms with Crippen molar-refractivity contribution in [3.63, 3.8) is 0 Å². The molecule has 4 N–H and O–H groups in total. The minimum atomic E-state index is -0.559. The number of rotatable bonds is 3. The molecule has 0 spiro atoms. The molecular formula is C13H18N2O3. The number of aliphatic hydroxyl groups is 1. The molecule has 1 aliphatic heterocycles. The summed E-state index contributed by atoms with van der Waals surface area (Å²) in [5, 5.41) is 12.4. The van der Waals surface area contributed by atoms with Crippen molar-refractivity contribution in [1.29, 1.82) is 0 Å². The van der Waals surface area contributed by atoms with E-state index in [-0.39, 0.29) is 12.5 Å². The molecule has 0 unspecified atom stereocenters. The van der Waals surface area contributed by atoms with Gasteiger partial charge in [-0.1, -0.05) is 0 Å². The third-order valence-electron chi connectivity index (χ3n) is 3.30. The minimum absolute atomic E-state index is 0.0723. The van der Waals surface area contributed by atoms with Crippen molar-refractivity contribution in [2.75, 3.05) is 25.6 Å². The number of carbonyl (C=O) groups is 1. The van der Waals surface area contributed by atoms with Gasteiger partial charge in [0, 0.05) is 24.5 Å². The molecular weight excluding hydrogens is 232 g/mol. The van der Waals surface area contributed by atoms with E-state index in [0.717, 1.165) is 0 Å². The van der Waals surface area contributed by atoms with Crippen LogP contribution in [0, 0.1) is 0 Å². The van der Waals surface area contributed by atoms with E-state index in [0.29, 0.717) is 37.3 Å². The summed E-state index contributed by atoms with van der Waals surface area (Å²) < 4.78 is 5.25. The fraction of sp³-hybridized carbons (Fsp3) is 0.462. The minimum Gasteiger partial charge on any atom is -0.399 e. The molecule has 0 atom stereocenters. The summed E-state index contributed by atoms with van der Waals surface area (Å²) in [6.07, 6.45) is 1.26. The molecule has 1 aromatic carbocycles. The van der Waals surface area contributed by atoms with Crippen LogP contribution in [0.2, 0.25) is 0 Å². The molecule has 1 aromatic rings. The van der Waals surface area contributed by atoms with Crippen LogP contribution in [0.15, 0.2) is 24.3 Å². The van der Waals surface area contributed by atoms with Gasteiger partial charge >= 0.3 is 0 Å². The van der Waals surface area contributed by atoms with Crippen LogP contribution in [0.3, 0.4) is 0 Å². The van der Waals surface area contributed by atoms with Gasteiger partial charge in [0.2, 0.25) is 0 Å². The molecule has 0 aromatic heterocycles. The Hall–Kier alpha value is -1.59. The standard InChI is InChI=1S/C13H18N2O3/c14-11-3-1-10(2-4-11)12(17)15-13(9-16)5-7-18-8-6-13/h1-4,16H,5-9,14H2,(H,15,17). The number of amides is 1. The van der Waals surface area contributed by atoms with Crippen LogP contribution in [-0.2, 0) is 4.74 Å². The average molecular weight is 250 g/mol. The Balaban J connectivity index is 2.07. The van der Waals surface area contributed by atoms with Crippen molar-refractivity contribution in [2.45, 2.75) is 18.4 Å². The van der Waals surface area contributed by atoms with Gasteiger partial charge in [0.1, 0.15) is 0 Å². The lowest BCUT2D eigenvalue weighted by Crippen LogP contribution is -2.54. The maximum atomic E-state index is 12.1. The van der Waals surface area contributed by atoms with Crippen LogP contribution in [0.4, 0.5) is 5.69 Å². The summed E-state index contributed by atoms with van der Waals surface area (Å²) in [5.74, 6) is -0.189. The second-order valence-corrected chi connectivity index (χ2v) is 4.63. The van der Waals surface area contributed by atoms with E-state index in [1.807, 2.05) is 0 Å². The Morgan fingerprint density at radius 1 is 1.33 bits per heavy atom. The lowest BCUT2D eigenvalue weighted by atomic mass is 9.90. The van der Waals surface area contributed by atoms with Crippen LogP contribution in [0.5, 0.6) is 0 Å². The molecule has 18 heavy (non-hydrogen) atoms. The largest absolute Gasteiger partial charge is 0.399 e. The van der Waals surface area contributed by atoms with Crippen LogP contribution < -0.4 is 11.1 Å². The quantitative estimate of drug-likeness (QED) is 0.684. The summed E-state index contributed by atoms with van der Waals surface area (Å²) >= 11 is 0. The SMILES string of the molecule is Nc1ccc(C(=O)NC2(CO)CCOCC2)cc1. The molecule has 1 aliphatic rings. The zero-order valence-corrected chi connectivity index (χ0v) is 10.2. The fourth-order valence-corrected chi connectivity index (χ4v) is 2.03. The van der Waals surface area contributed by atoms with Gasteiger partial charge in [-0.25, -0.2) is 0 Å². The van der Waals surface area contributed by atoms with Crippen molar-refractivity contribution < 1.29 is 14.6 Å². The number of nitrogen functional groups attached to an aromatic ring is 1. The molecule has 5 nitrogen and oxygen atoms in total. The van der Waals surface area contributed by atoms with E-state index in [1.54, 1.807) is 24.3 Å². The first-order chi connectivity index (χ1) is 8.65. The number of anilines is 1. The van der Waals surface area contributed by atoms with Gasteiger partial charge in [-0.2, -0.15) is 0 Å². The highest BCUT2D eigenvalue weighted by Crippen LogP contribution is 2.20. The van der Waals surface area contributed by atoms with Crippen molar-refractivity contribution >= 4 is 11.6 Å². The Morgan fingerprint density at radius 3 is 2.50 bits per heavy atom. The highest BCUT2D eigenvalue weighted by atomic mass is 16.5. The molecule has 1 saturated heterocycles. The Morgan fingerprint density at radius 2 is 1.94 bits per heavy atom. The summed E-state index contributed by atoms with van der Waals surface area (Å²) in [5.41, 5.74) is 6.18.